The number of carbonyl (C=O) groups is 1. The number of thiazole rings is 1. The number of rotatable bonds is 6. The largest absolute Gasteiger partial charge is 0.379 e. The Morgan fingerprint density at radius 3 is 2.62 bits per heavy atom. The van der Waals surface area contributed by atoms with Gasteiger partial charge in [0.25, 0.3) is 0 Å². The van der Waals surface area contributed by atoms with Crippen molar-refractivity contribution in [1.29, 1.82) is 0 Å². The number of amides is 1. The molecule has 0 unspecified atom stereocenters. The molecule has 2 heterocycles. The normalized spacial score (nSPS) is 19.9. The van der Waals surface area contributed by atoms with E-state index < -0.39 is 0 Å². The number of halogens is 2. The molecule has 3 rings (SSSR count). The van der Waals surface area contributed by atoms with E-state index in [4.69, 9.17) is 10.5 Å². The van der Waals surface area contributed by atoms with Crippen molar-refractivity contribution in [3.05, 3.63) is 11.1 Å². The molecule has 2 fully saturated rings. The maximum absolute atomic E-state index is 12.4. The van der Waals surface area contributed by atoms with E-state index in [-0.39, 0.29) is 36.1 Å². The van der Waals surface area contributed by atoms with E-state index in [2.05, 4.69) is 15.2 Å². The highest BCUT2D eigenvalue weighted by molar-refractivity contribution is 7.13. The molecule has 2 aliphatic rings. The molecule has 1 aliphatic heterocycles. The van der Waals surface area contributed by atoms with Crippen LogP contribution in [0.5, 0.6) is 0 Å². The topological polar surface area (TPSA) is 80.5 Å². The number of nitrogens with one attached hydrogen (secondary N) is 1. The van der Waals surface area contributed by atoms with Gasteiger partial charge in [-0.15, -0.1) is 36.2 Å². The van der Waals surface area contributed by atoms with Gasteiger partial charge in [-0.2, -0.15) is 0 Å². The number of nitrogens with zero attached hydrogens (tertiary/aromatic N) is 2. The number of hydrogen-bond donors (Lipinski definition) is 2. The van der Waals surface area contributed by atoms with Gasteiger partial charge in [-0.3, -0.25) is 9.69 Å². The third-order valence-electron chi connectivity index (χ3n) is 5.17. The van der Waals surface area contributed by atoms with Gasteiger partial charge >= 0.3 is 0 Å². The molecule has 0 bridgehead atoms. The molecule has 0 aromatic carbocycles. The molecule has 0 spiro atoms. The predicted octanol–water partition coefficient (Wildman–Crippen LogP) is 3.06. The van der Waals surface area contributed by atoms with Gasteiger partial charge in [-0.05, 0) is 24.8 Å². The van der Waals surface area contributed by atoms with Crippen molar-refractivity contribution in [2.24, 2.45) is 11.1 Å². The third-order valence-corrected chi connectivity index (χ3v) is 5.98. The predicted molar refractivity (Wildman–Crippen MR) is 111 cm³/mol. The molecule has 1 amide bonds. The van der Waals surface area contributed by atoms with Crippen LogP contribution in [0.4, 0.5) is 5.13 Å². The number of morpholine rings is 1. The zero-order chi connectivity index (χ0) is 16.8. The molecule has 3 N–H and O–H groups in total. The molecule has 1 aliphatic carbocycles. The van der Waals surface area contributed by atoms with Gasteiger partial charge in [0.1, 0.15) is 0 Å². The summed E-state index contributed by atoms with van der Waals surface area (Å²) in [5.74, 6) is 0.0506. The van der Waals surface area contributed by atoms with Crippen LogP contribution in [-0.4, -0.2) is 48.6 Å². The zero-order valence-corrected chi connectivity index (χ0v) is 17.5. The van der Waals surface area contributed by atoms with Crippen molar-refractivity contribution in [3.8, 4) is 0 Å². The second-order valence-corrected chi connectivity index (χ2v) is 7.88. The molecule has 26 heavy (non-hydrogen) atoms. The molecule has 0 atom stereocenters. The van der Waals surface area contributed by atoms with Crippen LogP contribution in [0.25, 0.3) is 0 Å². The zero-order valence-electron chi connectivity index (χ0n) is 15.1. The lowest BCUT2D eigenvalue weighted by molar-refractivity contribution is -0.118. The Hall–Kier alpha value is -0.440. The number of anilines is 1. The summed E-state index contributed by atoms with van der Waals surface area (Å²) >= 11 is 1.50. The lowest BCUT2D eigenvalue weighted by atomic mass is 9.72. The average molecular weight is 425 g/mol. The maximum Gasteiger partial charge on any atom is 0.226 e. The number of hydrogen-bond acceptors (Lipinski definition) is 6. The smallest absolute Gasteiger partial charge is 0.226 e. The minimum Gasteiger partial charge on any atom is -0.379 e. The first-order chi connectivity index (χ1) is 11.7. The minimum atomic E-state index is -0.00375. The van der Waals surface area contributed by atoms with Crippen LogP contribution in [0, 0.1) is 5.41 Å². The monoisotopic (exact) mass is 424 g/mol. The second-order valence-electron chi connectivity index (χ2n) is 7.02. The van der Waals surface area contributed by atoms with E-state index in [1.54, 1.807) is 0 Å². The SMILES string of the molecule is Cl.Cl.NCC1(CC(=O)Nc2nc(CN3CCOCC3)cs2)CCCCC1. The van der Waals surface area contributed by atoms with Crippen LogP contribution in [0.3, 0.4) is 0 Å². The standard InChI is InChI=1S/C17H28N4O2S.2ClH/c18-13-17(4-2-1-3-5-17)10-15(22)20-16-19-14(12-24-16)11-21-6-8-23-9-7-21;;/h12H,1-11,13,18H2,(H,19,20,22);2*1H. The molecule has 1 saturated carbocycles. The van der Waals surface area contributed by atoms with Crippen molar-refractivity contribution in [2.75, 3.05) is 38.2 Å². The molecule has 6 nitrogen and oxygen atoms in total. The Morgan fingerprint density at radius 2 is 1.96 bits per heavy atom. The van der Waals surface area contributed by atoms with E-state index in [0.29, 0.717) is 18.1 Å². The Labute approximate surface area is 172 Å². The molecule has 0 radical (unpaired) electrons. The van der Waals surface area contributed by atoms with Crippen LogP contribution in [0.1, 0.15) is 44.2 Å². The van der Waals surface area contributed by atoms with Crippen LogP contribution in [0.15, 0.2) is 5.38 Å². The van der Waals surface area contributed by atoms with Gasteiger partial charge in [-0.25, -0.2) is 4.98 Å². The van der Waals surface area contributed by atoms with E-state index in [9.17, 15) is 4.79 Å². The molecule has 1 aromatic rings. The van der Waals surface area contributed by atoms with E-state index in [1.165, 1.54) is 30.6 Å². The van der Waals surface area contributed by atoms with Gasteiger partial charge in [0.05, 0.1) is 18.9 Å². The summed E-state index contributed by atoms with van der Waals surface area (Å²) in [4.78, 5) is 19.3. The summed E-state index contributed by atoms with van der Waals surface area (Å²) in [5.41, 5.74) is 6.99. The first kappa shape index (κ1) is 23.6. The van der Waals surface area contributed by atoms with E-state index in [0.717, 1.165) is 51.4 Å². The third kappa shape index (κ3) is 6.62. The van der Waals surface area contributed by atoms with Crippen molar-refractivity contribution >= 4 is 47.2 Å². The summed E-state index contributed by atoms with van der Waals surface area (Å²) in [5, 5.41) is 5.71. The summed E-state index contributed by atoms with van der Waals surface area (Å²) < 4.78 is 5.36. The fourth-order valence-electron chi connectivity index (χ4n) is 3.68. The van der Waals surface area contributed by atoms with Crippen molar-refractivity contribution in [2.45, 2.75) is 45.1 Å². The minimum absolute atomic E-state index is 0. The van der Waals surface area contributed by atoms with Crippen LogP contribution < -0.4 is 11.1 Å². The van der Waals surface area contributed by atoms with Crippen molar-refractivity contribution < 1.29 is 9.53 Å². The Balaban J connectivity index is 0.00000169. The van der Waals surface area contributed by atoms with Gasteiger partial charge in [0.2, 0.25) is 5.91 Å². The Kier molecular flexibility index (Phi) is 10.4. The molecule has 1 aromatic heterocycles. The molecule has 9 heteroatoms. The van der Waals surface area contributed by atoms with Gasteiger partial charge in [0, 0.05) is 31.4 Å². The van der Waals surface area contributed by atoms with Crippen molar-refractivity contribution in [3.63, 3.8) is 0 Å². The van der Waals surface area contributed by atoms with E-state index in [1.807, 2.05) is 5.38 Å². The summed E-state index contributed by atoms with van der Waals surface area (Å²) in [6.45, 7) is 4.88. The first-order valence-electron chi connectivity index (χ1n) is 8.94. The van der Waals surface area contributed by atoms with E-state index >= 15 is 0 Å². The van der Waals surface area contributed by atoms with Gasteiger partial charge in [-0.1, -0.05) is 19.3 Å². The fourth-order valence-corrected chi connectivity index (χ4v) is 4.40. The average Bonchev–Trinajstić information content (AvgIpc) is 3.03. The lowest BCUT2D eigenvalue weighted by Crippen LogP contribution is -2.36. The Morgan fingerprint density at radius 1 is 1.27 bits per heavy atom. The Bertz CT molecular complexity index is 547. The lowest BCUT2D eigenvalue weighted by Gasteiger charge is -2.35. The highest BCUT2D eigenvalue weighted by Crippen LogP contribution is 2.38. The molecular weight excluding hydrogens is 395 g/mol. The number of nitrogens with two attached hydrogens (primary N) is 1. The molecule has 1 saturated heterocycles. The number of carbonyl (C=O) groups excluding carboxylic acids is 1. The van der Waals surface area contributed by atoms with Crippen LogP contribution >= 0.6 is 36.2 Å². The summed E-state index contributed by atoms with van der Waals surface area (Å²) in [7, 11) is 0. The summed E-state index contributed by atoms with van der Waals surface area (Å²) in [6.07, 6.45) is 6.29. The first-order valence-corrected chi connectivity index (χ1v) is 9.82. The van der Waals surface area contributed by atoms with Crippen LogP contribution in [0.2, 0.25) is 0 Å². The number of aromatic nitrogens is 1. The quantitative estimate of drug-likeness (QED) is 0.732. The van der Waals surface area contributed by atoms with Crippen molar-refractivity contribution in [1.82, 2.24) is 9.88 Å². The van der Waals surface area contributed by atoms with Gasteiger partial charge in [0.15, 0.2) is 5.13 Å². The van der Waals surface area contributed by atoms with Crippen LogP contribution in [-0.2, 0) is 16.1 Å². The highest BCUT2D eigenvalue weighted by atomic mass is 35.5. The maximum atomic E-state index is 12.4. The number of ether oxygens (including phenoxy) is 1. The van der Waals surface area contributed by atoms with Gasteiger partial charge < -0.3 is 15.8 Å². The fraction of sp³-hybridized carbons (Fsp3) is 0.765. The summed E-state index contributed by atoms with van der Waals surface area (Å²) in [6, 6.07) is 0. The highest BCUT2D eigenvalue weighted by Gasteiger charge is 2.33. The molecular formula is C17H30Cl2N4O2S. The second kappa shape index (κ2) is 11.4. The molecule has 150 valence electrons.